The maximum atomic E-state index is 12.7. The van der Waals surface area contributed by atoms with Crippen LogP contribution in [-0.2, 0) is 6.54 Å². The van der Waals surface area contributed by atoms with E-state index >= 15 is 0 Å². The van der Waals surface area contributed by atoms with Gasteiger partial charge in [-0.25, -0.2) is 9.78 Å². The Bertz CT molecular complexity index is 1040. The smallest absolute Gasteiger partial charge is 0.329 e. The summed E-state index contributed by atoms with van der Waals surface area (Å²) in [6, 6.07) is 5.47. The van der Waals surface area contributed by atoms with Crippen LogP contribution in [0.5, 0.6) is 0 Å². The Morgan fingerprint density at radius 1 is 1.32 bits per heavy atom. The number of nitrogens with zero attached hydrogens (tertiary/aromatic N) is 5. The van der Waals surface area contributed by atoms with Crippen LogP contribution < -0.4 is 21.9 Å². The predicted octanol–water partition coefficient (Wildman–Crippen LogP) is -0.590. The first-order valence-corrected chi connectivity index (χ1v) is 8.93. The van der Waals surface area contributed by atoms with Gasteiger partial charge in [-0.05, 0) is 19.1 Å². The first-order chi connectivity index (χ1) is 13.4. The molecule has 3 heterocycles. The molecule has 0 saturated carbocycles. The SMILES string of the molecule is CCn1c(N)c(C(=O)CN2CCN(c3cc(C#N)ccn3)CC2)c(=O)[nH]c1=O. The molecular formula is C18H21N7O3. The highest BCUT2D eigenvalue weighted by Gasteiger charge is 2.24. The molecule has 0 radical (unpaired) electrons. The summed E-state index contributed by atoms with van der Waals surface area (Å²) in [5.41, 5.74) is 4.88. The molecule has 10 heteroatoms. The van der Waals surface area contributed by atoms with Crippen molar-refractivity contribution in [2.45, 2.75) is 13.5 Å². The van der Waals surface area contributed by atoms with Crippen LogP contribution in [0.4, 0.5) is 11.6 Å². The molecule has 3 rings (SSSR count). The number of nitrogens with two attached hydrogens (primary N) is 1. The van der Waals surface area contributed by atoms with Gasteiger partial charge in [0.15, 0.2) is 5.78 Å². The van der Waals surface area contributed by atoms with Gasteiger partial charge in [-0.15, -0.1) is 0 Å². The standard InChI is InChI=1S/C18H21N7O3/c1-2-25-16(20)15(17(27)22-18(25)28)13(26)11-23-5-7-24(8-6-23)14-9-12(10-19)3-4-21-14/h3-4,9H,2,5-8,11,20H2,1H3,(H,22,27,28). The Morgan fingerprint density at radius 2 is 2.04 bits per heavy atom. The van der Waals surface area contributed by atoms with Gasteiger partial charge in [0.05, 0.1) is 18.2 Å². The van der Waals surface area contributed by atoms with E-state index in [0.717, 1.165) is 5.82 Å². The Kier molecular flexibility index (Phi) is 5.56. The molecule has 0 aromatic carbocycles. The fourth-order valence-electron chi connectivity index (χ4n) is 3.25. The Balaban J connectivity index is 1.68. The minimum atomic E-state index is -0.756. The third kappa shape index (κ3) is 3.79. The summed E-state index contributed by atoms with van der Waals surface area (Å²) >= 11 is 0. The van der Waals surface area contributed by atoms with Gasteiger partial charge in [0.25, 0.3) is 5.56 Å². The minimum Gasteiger partial charge on any atom is -0.384 e. The Hall–Kier alpha value is -3.45. The predicted molar refractivity (Wildman–Crippen MR) is 103 cm³/mol. The van der Waals surface area contributed by atoms with Crippen molar-refractivity contribution in [2.75, 3.05) is 43.4 Å². The van der Waals surface area contributed by atoms with Crippen molar-refractivity contribution in [3.63, 3.8) is 0 Å². The fraction of sp³-hybridized carbons (Fsp3) is 0.389. The third-order valence-corrected chi connectivity index (χ3v) is 4.77. The number of ketones is 1. The van der Waals surface area contributed by atoms with Crippen molar-refractivity contribution in [3.8, 4) is 6.07 Å². The van der Waals surface area contributed by atoms with Gasteiger partial charge in [0, 0.05) is 38.9 Å². The largest absolute Gasteiger partial charge is 0.384 e. The van der Waals surface area contributed by atoms with Crippen LogP contribution in [0.15, 0.2) is 27.9 Å². The lowest BCUT2D eigenvalue weighted by molar-refractivity contribution is 0.0925. The van der Waals surface area contributed by atoms with Crippen LogP contribution in [0.1, 0.15) is 22.8 Å². The van der Waals surface area contributed by atoms with Gasteiger partial charge in [-0.1, -0.05) is 0 Å². The molecule has 0 unspecified atom stereocenters. The molecule has 1 fully saturated rings. The van der Waals surface area contributed by atoms with E-state index < -0.39 is 17.0 Å². The number of piperazine rings is 1. The highest BCUT2D eigenvalue weighted by molar-refractivity contribution is 6.01. The van der Waals surface area contributed by atoms with Crippen molar-refractivity contribution in [1.29, 1.82) is 5.26 Å². The molecule has 146 valence electrons. The van der Waals surface area contributed by atoms with Crippen molar-refractivity contribution < 1.29 is 4.79 Å². The maximum Gasteiger partial charge on any atom is 0.329 e. The van der Waals surface area contributed by atoms with Crippen molar-refractivity contribution >= 4 is 17.4 Å². The number of aromatic amines is 1. The van der Waals surface area contributed by atoms with Crippen molar-refractivity contribution in [3.05, 3.63) is 50.3 Å². The molecule has 1 aliphatic rings. The zero-order valence-electron chi connectivity index (χ0n) is 15.5. The van der Waals surface area contributed by atoms with Crippen LogP contribution in [0.2, 0.25) is 0 Å². The molecule has 2 aromatic heterocycles. The van der Waals surface area contributed by atoms with Gasteiger partial charge < -0.3 is 10.6 Å². The van der Waals surface area contributed by atoms with Gasteiger partial charge in [0.2, 0.25) is 0 Å². The number of Topliss-reactive ketones (excluding diaryl/α,β-unsaturated/α-hetero) is 1. The molecule has 10 nitrogen and oxygen atoms in total. The van der Waals surface area contributed by atoms with Crippen molar-refractivity contribution in [2.24, 2.45) is 0 Å². The molecule has 0 aliphatic carbocycles. The molecule has 1 aliphatic heterocycles. The first-order valence-electron chi connectivity index (χ1n) is 8.93. The summed E-state index contributed by atoms with van der Waals surface area (Å²) in [5, 5.41) is 9.01. The lowest BCUT2D eigenvalue weighted by Gasteiger charge is -2.35. The molecule has 0 spiro atoms. The number of pyridine rings is 1. The number of aromatic nitrogens is 3. The van der Waals surface area contributed by atoms with Gasteiger partial charge >= 0.3 is 5.69 Å². The number of hydrogen-bond donors (Lipinski definition) is 2. The summed E-state index contributed by atoms with van der Waals surface area (Å²) in [6.45, 7) is 4.46. The number of carbonyl (C=O) groups is 1. The molecule has 2 aromatic rings. The average Bonchev–Trinajstić information content (AvgIpc) is 2.68. The van der Waals surface area contributed by atoms with E-state index in [1.165, 1.54) is 4.57 Å². The molecule has 3 N–H and O–H groups in total. The third-order valence-electron chi connectivity index (χ3n) is 4.77. The molecule has 28 heavy (non-hydrogen) atoms. The van der Waals surface area contributed by atoms with E-state index in [1.54, 1.807) is 25.3 Å². The maximum absolute atomic E-state index is 12.7. The van der Waals surface area contributed by atoms with Crippen LogP contribution in [0.25, 0.3) is 0 Å². The van der Waals surface area contributed by atoms with Gasteiger partial charge in [-0.2, -0.15) is 5.26 Å². The van der Waals surface area contributed by atoms with Crippen LogP contribution in [-0.4, -0.2) is 57.9 Å². The van der Waals surface area contributed by atoms with E-state index in [2.05, 4.69) is 16.0 Å². The Morgan fingerprint density at radius 3 is 2.68 bits per heavy atom. The zero-order valence-corrected chi connectivity index (χ0v) is 15.5. The first kappa shape index (κ1) is 19.3. The summed E-state index contributed by atoms with van der Waals surface area (Å²) < 4.78 is 1.17. The number of nitrogens with one attached hydrogen (secondary N) is 1. The van der Waals surface area contributed by atoms with E-state index in [1.807, 2.05) is 9.80 Å². The number of rotatable bonds is 5. The molecule has 1 saturated heterocycles. The van der Waals surface area contributed by atoms with Gasteiger partial charge in [0.1, 0.15) is 17.2 Å². The molecule has 0 atom stereocenters. The minimum absolute atomic E-state index is 0.0364. The van der Waals surface area contributed by atoms with E-state index in [9.17, 15) is 14.4 Å². The second-order valence-electron chi connectivity index (χ2n) is 6.46. The average molecular weight is 383 g/mol. The fourth-order valence-corrected chi connectivity index (χ4v) is 3.25. The van der Waals surface area contributed by atoms with Crippen LogP contribution >= 0.6 is 0 Å². The van der Waals surface area contributed by atoms with Crippen LogP contribution in [0, 0.1) is 11.3 Å². The summed E-state index contributed by atoms with van der Waals surface area (Å²) in [6.07, 6.45) is 1.60. The second-order valence-corrected chi connectivity index (χ2v) is 6.46. The zero-order chi connectivity index (χ0) is 20.3. The Labute approximate surface area is 160 Å². The number of carbonyl (C=O) groups excluding carboxylic acids is 1. The number of nitrogen functional groups attached to an aromatic ring is 1. The van der Waals surface area contributed by atoms with E-state index in [0.29, 0.717) is 31.7 Å². The monoisotopic (exact) mass is 383 g/mol. The van der Waals surface area contributed by atoms with Crippen LogP contribution in [0.3, 0.4) is 0 Å². The number of anilines is 2. The number of nitriles is 1. The summed E-state index contributed by atoms with van der Waals surface area (Å²) in [4.78, 5) is 46.9. The molecule has 0 amide bonds. The van der Waals surface area contributed by atoms with Crippen molar-refractivity contribution in [1.82, 2.24) is 19.4 Å². The quantitative estimate of drug-likeness (QED) is 0.653. The normalized spacial score (nSPS) is 14.6. The molecular weight excluding hydrogens is 362 g/mol. The lowest BCUT2D eigenvalue weighted by atomic mass is 10.1. The van der Waals surface area contributed by atoms with E-state index in [4.69, 9.17) is 11.0 Å². The highest BCUT2D eigenvalue weighted by Crippen LogP contribution is 2.15. The second kappa shape index (κ2) is 8.06. The highest BCUT2D eigenvalue weighted by atomic mass is 16.2. The molecule has 0 bridgehead atoms. The number of hydrogen-bond acceptors (Lipinski definition) is 8. The lowest BCUT2D eigenvalue weighted by Crippen LogP contribution is -2.49. The van der Waals surface area contributed by atoms with Gasteiger partial charge in [-0.3, -0.25) is 24.0 Å². The number of H-pyrrole nitrogens is 1. The van der Waals surface area contributed by atoms with E-state index in [-0.39, 0.29) is 24.5 Å². The summed E-state index contributed by atoms with van der Waals surface area (Å²) in [5.74, 6) is 0.206. The summed E-state index contributed by atoms with van der Waals surface area (Å²) in [7, 11) is 0. The topological polar surface area (TPSA) is 141 Å².